The number of nitrogens with zero attached hydrogens (tertiary/aromatic N) is 1. The first-order valence-electron chi connectivity index (χ1n) is 6.78. The Morgan fingerprint density at radius 2 is 1.75 bits per heavy atom. The van der Waals surface area contributed by atoms with Crippen molar-refractivity contribution in [2.24, 2.45) is 0 Å². The number of benzene rings is 1. The summed E-state index contributed by atoms with van der Waals surface area (Å²) in [6.45, 7) is 6.04. The van der Waals surface area contributed by atoms with Crippen molar-refractivity contribution in [3.63, 3.8) is 0 Å². The highest BCUT2D eigenvalue weighted by atomic mass is 16.1. The van der Waals surface area contributed by atoms with Gasteiger partial charge in [0.15, 0.2) is 0 Å². The van der Waals surface area contributed by atoms with Crippen LogP contribution in [-0.4, -0.2) is 9.97 Å². The monoisotopic (exact) mass is 266 g/mol. The second kappa shape index (κ2) is 6.15. The normalized spacial score (nSPS) is 9.95. The van der Waals surface area contributed by atoms with E-state index >= 15 is 0 Å². The minimum Gasteiger partial charge on any atom is -0.322 e. The maximum Gasteiger partial charge on any atom is 0.248 e. The predicted molar refractivity (Wildman–Crippen MR) is 83.9 cm³/mol. The lowest BCUT2D eigenvalue weighted by Crippen LogP contribution is -2.02. The maximum absolute atomic E-state index is 11.3. The van der Waals surface area contributed by atoms with Crippen LogP contribution in [0.25, 0.3) is 22.2 Å². The van der Waals surface area contributed by atoms with Gasteiger partial charge in [-0.3, -0.25) is 9.78 Å². The molecule has 3 aromatic rings. The van der Waals surface area contributed by atoms with Crippen molar-refractivity contribution in [2.75, 3.05) is 0 Å². The molecule has 0 aliphatic rings. The summed E-state index contributed by atoms with van der Waals surface area (Å²) in [7, 11) is 0. The molecule has 0 aliphatic heterocycles. The molecule has 0 spiro atoms. The molecule has 102 valence electrons. The Morgan fingerprint density at radius 3 is 2.50 bits per heavy atom. The van der Waals surface area contributed by atoms with E-state index in [9.17, 15) is 4.79 Å². The van der Waals surface area contributed by atoms with Gasteiger partial charge < -0.3 is 4.98 Å². The molecule has 3 nitrogen and oxygen atoms in total. The van der Waals surface area contributed by atoms with Crippen LogP contribution in [0.15, 0.2) is 53.5 Å². The fraction of sp³-hybridized carbons (Fsp3) is 0.176. The van der Waals surface area contributed by atoms with Crippen molar-refractivity contribution in [3.8, 4) is 11.3 Å². The van der Waals surface area contributed by atoms with Gasteiger partial charge in [0.1, 0.15) is 0 Å². The lowest BCUT2D eigenvalue weighted by Gasteiger charge is -2.04. The van der Waals surface area contributed by atoms with Gasteiger partial charge in [-0.15, -0.1) is 0 Å². The van der Waals surface area contributed by atoms with E-state index in [1.807, 2.05) is 57.2 Å². The molecule has 0 aliphatic carbocycles. The second-order valence-electron chi connectivity index (χ2n) is 4.34. The number of nitrogens with one attached hydrogen (secondary N) is 1. The van der Waals surface area contributed by atoms with Gasteiger partial charge in [-0.1, -0.05) is 26.0 Å². The van der Waals surface area contributed by atoms with Crippen LogP contribution in [0.1, 0.15) is 19.4 Å². The highest BCUT2D eigenvalue weighted by Gasteiger charge is 2.01. The highest BCUT2D eigenvalue weighted by Crippen LogP contribution is 2.21. The molecule has 0 radical (unpaired) electrons. The fourth-order valence-electron chi connectivity index (χ4n) is 2.00. The van der Waals surface area contributed by atoms with E-state index in [1.165, 1.54) is 11.6 Å². The Balaban J connectivity index is 0.000000704. The van der Waals surface area contributed by atoms with E-state index in [1.54, 1.807) is 6.20 Å². The summed E-state index contributed by atoms with van der Waals surface area (Å²) in [6.07, 6.45) is 1.79. The van der Waals surface area contributed by atoms with Crippen LogP contribution in [-0.2, 0) is 0 Å². The van der Waals surface area contributed by atoms with E-state index in [-0.39, 0.29) is 5.56 Å². The predicted octanol–water partition coefficient (Wildman–Crippen LogP) is 3.92. The van der Waals surface area contributed by atoms with E-state index in [2.05, 4.69) is 9.97 Å². The third-order valence-corrected chi connectivity index (χ3v) is 2.94. The van der Waals surface area contributed by atoms with Gasteiger partial charge in [-0.25, -0.2) is 0 Å². The first-order valence-corrected chi connectivity index (χ1v) is 6.78. The highest BCUT2D eigenvalue weighted by molar-refractivity contribution is 5.83. The Bertz CT molecular complexity index is 775. The molecule has 2 aromatic heterocycles. The van der Waals surface area contributed by atoms with Gasteiger partial charge in [-0.2, -0.15) is 0 Å². The number of hydrogen-bond donors (Lipinski definition) is 1. The lowest BCUT2D eigenvalue weighted by molar-refractivity contribution is 1.28. The third kappa shape index (κ3) is 2.94. The summed E-state index contributed by atoms with van der Waals surface area (Å²) in [4.78, 5) is 18.5. The van der Waals surface area contributed by atoms with Crippen molar-refractivity contribution in [1.82, 2.24) is 9.97 Å². The minimum absolute atomic E-state index is 0.0862. The van der Waals surface area contributed by atoms with Crippen LogP contribution in [0, 0.1) is 6.92 Å². The first-order chi connectivity index (χ1) is 9.72. The summed E-state index contributed by atoms with van der Waals surface area (Å²) >= 11 is 0. The zero-order valence-electron chi connectivity index (χ0n) is 12.0. The zero-order valence-corrected chi connectivity index (χ0v) is 12.0. The lowest BCUT2D eigenvalue weighted by atomic mass is 10.1. The summed E-state index contributed by atoms with van der Waals surface area (Å²) in [5, 5.41) is 1.02. The quantitative estimate of drug-likeness (QED) is 0.725. The maximum atomic E-state index is 11.3. The molecule has 20 heavy (non-hydrogen) atoms. The SMILES string of the molecule is CC.Cc1ccnc(-c2ccc3ccc(=O)[nH]c3c2)c1. The summed E-state index contributed by atoms with van der Waals surface area (Å²) in [5.74, 6) is 0. The van der Waals surface area contributed by atoms with E-state index in [0.717, 1.165) is 22.2 Å². The fourth-order valence-corrected chi connectivity index (χ4v) is 2.00. The van der Waals surface area contributed by atoms with Gasteiger partial charge >= 0.3 is 0 Å². The molecule has 0 bridgehead atoms. The number of aromatic nitrogens is 2. The Hall–Kier alpha value is -2.42. The minimum atomic E-state index is -0.0862. The van der Waals surface area contributed by atoms with Crippen LogP contribution in [0.2, 0.25) is 0 Å². The zero-order chi connectivity index (χ0) is 14.5. The van der Waals surface area contributed by atoms with Gasteiger partial charge in [-0.05, 0) is 42.1 Å². The van der Waals surface area contributed by atoms with E-state index < -0.39 is 0 Å². The number of hydrogen-bond acceptors (Lipinski definition) is 2. The van der Waals surface area contributed by atoms with Crippen molar-refractivity contribution >= 4 is 10.9 Å². The van der Waals surface area contributed by atoms with Crippen LogP contribution in [0.4, 0.5) is 0 Å². The summed E-state index contributed by atoms with van der Waals surface area (Å²) in [5.41, 5.74) is 3.84. The number of pyridine rings is 2. The molecule has 1 N–H and O–H groups in total. The number of aromatic amines is 1. The first kappa shape index (κ1) is 14.0. The molecule has 0 atom stereocenters. The van der Waals surface area contributed by atoms with Gasteiger partial charge in [0.2, 0.25) is 5.56 Å². The smallest absolute Gasteiger partial charge is 0.248 e. The van der Waals surface area contributed by atoms with Crippen molar-refractivity contribution in [2.45, 2.75) is 20.8 Å². The molecular weight excluding hydrogens is 248 g/mol. The third-order valence-electron chi connectivity index (χ3n) is 2.94. The molecule has 0 amide bonds. The molecule has 2 heterocycles. The number of aryl methyl sites for hydroxylation is 1. The van der Waals surface area contributed by atoms with Crippen LogP contribution in [0.3, 0.4) is 0 Å². The van der Waals surface area contributed by atoms with Crippen LogP contribution >= 0.6 is 0 Å². The second-order valence-corrected chi connectivity index (χ2v) is 4.34. The molecule has 0 fully saturated rings. The van der Waals surface area contributed by atoms with Crippen LogP contribution < -0.4 is 5.56 Å². The Morgan fingerprint density at radius 1 is 1.00 bits per heavy atom. The topological polar surface area (TPSA) is 45.8 Å². The summed E-state index contributed by atoms with van der Waals surface area (Å²) < 4.78 is 0. The average molecular weight is 266 g/mol. The van der Waals surface area contributed by atoms with Crippen molar-refractivity contribution in [1.29, 1.82) is 0 Å². The Labute approximate surface area is 118 Å². The standard InChI is InChI=1S/C15H12N2O.C2H6/c1-10-6-7-16-13(8-10)12-3-2-11-4-5-15(18)17-14(11)9-12;1-2/h2-9H,1H3,(H,17,18);1-2H3. The summed E-state index contributed by atoms with van der Waals surface area (Å²) in [6, 6.07) is 13.3. The van der Waals surface area contributed by atoms with Crippen molar-refractivity contribution in [3.05, 3.63) is 64.6 Å². The average Bonchev–Trinajstić information content (AvgIpc) is 2.48. The molecule has 0 unspecified atom stereocenters. The van der Waals surface area contributed by atoms with Gasteiger partial charge in [0.25, 0.3) is 0 Å². The van der Waals surface area contributed by atoms with Crippen LogP contribution in [0.5, 0.6) is 0 Å². The number of rotatable bonds is 1. The number of fused-ring (bicyclic) bond motifs is 1. The van der Waals surface area contributed by atoms with Crippen molar-refractivity contribution < 1.29 is 0 Å². The molecule has 1 aromatic carbocycles. The number of H-pyrrole nitrogens is 1. The Kier molecular flexibility index (Phi) is 4.31. The van der Waals surface area contributed by atoms with Gasteiger partial charge in [0.05, 0.1) is 5.69 Å². The van der Waals surface area contributed by atoms with E-state index in [4.69, 9.17) is 0 Å². The molecule has 0 saturated carbocycles. The molecule has 3 heteroatoms. The molecule has 0 saturated heterocycles. The molecular formula is C17H18N2O. The van der Waals surface area contributed by atoms with E-state index in [0.29, 0.717) is 0 Å². The van der Waals surface area contributed by atoms with Gasteiger partial charge in [0, 0.05) is 23.3 Å². The molecule has 3 rings (SSSR count). The largest absolute Gasteiger partial charge is 0.322 e.